The zero-order valence-corrected chi connectivity index (χ0v) is 18.3. The van der Waals surface area contributed by atoms with Gasteiger partial charge >= 0.3 is 0 Å². The van der Waals surface area contributed by atoms with E-state index in [-0.39, 0.29) is 17.5 Å². The summed E-state index contributed by atoms with van der Waals surface area (Å²) in [6.07, 6.45) is 3.93. The van der Waals surface area contributed by atoms with Crippen molar-refractivity contribution >= 4 is 29.3 Å². The molecule has 1 aromatic heterocycles. The van der Waals surface area contributed by atoms with Gasteiger partial charge in [-0.05, 0) is 56.1 Å². The summed E-state index contributed by atoms with van der Waals surface area (Å²) in [5, 5.41) is 4.16. The summed E-state index contributed by atoms with van der Waals surface area (Å²) in [6.45, 7) is 7.37. The van der Waals surface area contributed by atoms with Gasteiger partial charge in [0.2, 0.25) is 0 Å². The second-order valence-electron chi connectivity index (χ2n) is 8.12. The van der Waals surface area contributed by atoms with Gasteiger partial charge in [0.05, 0.1) is 11.3 Å². The first kappa shape index (κ1) is 20.5. The van der Waals surface area contributed by atoms with E-state index >= 15 is 0 Å². The normalized spacial score (nSPS) is 23.4. The predicted octanol–water partition coefficient (Wildman–Crippen LogP) is 3.82. The lowest BCUT2D eigenvalue weighted by Gasteiger charge is -2.44. The smallest absolute Gasteiger partial charge is 0.255 e. The molecule has 2 aromatic rings. The lowest BCUT2D eigenvalue weighted by molar-refractivity contribution is 0.0620. The van der Waals surface area contributed by atoms with E-state index in [9.17, 15) is 9.59 Å². The number of pyridine rings is 1. The van der Waals surface area contributed by atoms with Gasteiger partial charge in [-0.1, -0.05) is 25.4 Å². The molecule has 4 heterocycles. The van der Waals surface area contributed by atoms with Crippen molar-refractivity contribution in [2.75, 3.05) is 19.6 Å². The number of benzene rings is 1. The molecule has 1 unspecified atom stereocenters. The summed E-state index contributed by atoms with van der Waals surface area (Å²) in [6, 6.07) is 8.74. The molecule has 5 nitrogen and oxygen atoms in total. The number of thioether (sulfide) groups is 1. The van der Waals surface area contributed by atoms with E-state index in [0.29, 0.717) is 21.8 Å². The summed E-state index contributed by atoms with van der Waals surface area (Å²) >= 11 is 7.82. The fourth-order valence-electron chi connectivity index (χ4n) is 4.23. The number of aromatic nitrogens is 1. The van der Waals surface area contributed by atoms with Crippen LogP contribution in [0, 0.1) is 5.92 Å². The van der Waals surface area contributed by atoms with Gasteiger partial charge in [0.15, 0.2) is 0 Å². The van der Waals surface area contributed by atoms with Crippen LogP contribution in [0.2, 0.25) is 5.02 Å². The highest BCUT2D eigenvalue weighted by molar-refractivity contribution is 8.00. The predicted molar refractivity (Wildman–Crippen MR) is 118 cm³/mol. The highest BCUT2D eigenvalue weighted by Gasteiger charge is 2.35. The molecule has 1 amide bonds. The SMILES string of the molecule is CC(C)Sc1cc(Cl)ccc1-n1cc(C(=O)NC2CN3CCC2CC3)ccc1=O. The maximum Gasteiger partial charge on any atom is 0.255 e. The molecular weight excluding hydrogens is 406 g/mol. The summed E-state index contributed by atoms with van der Waals surface area (Å²) in [5.41, 5.74) is 1.07. The van der Waals surface area contributed by atoms with Crippen LogP contribution >= 0.6 is 23.4 Å². The third kappa shape index (κ3) is 4.55. The highest BCUT2D eigenvalue weighted by Crippen LogP contribution is 2.31. The number of nitrogens with zero attached hydrogens (tertiary/aromatic N) is 2. The molecule has 0 aliphatic carbocycles. The first-order chi connectivity index (χ1) is 13.9. The van der Waals surface area contributed by atoms with Crippen molar-refractivity contribution in [3.63, 3.8) is 0 Å². The first-order valence-electron chi connectivity index (χ1n) is 10.1. The molecular formula is C22H26ClN3O2S. The highest BCUT2D eigenvalue weighted by atomic mass is 35.5. The minimum atomic E-state index is -0.169. The van der Waals surface area contributed by atoms with Crippen molar-refractivity contribution in [1.29, 1.82) is 0 Å². The zero-order chi connectivity index (χ0) is 20.5. The Hall–Kier alpha value is -1.76. The van der Waals surface area contributed by atoms with Crippen LogP contribution in [0.1, 0.15) is 37.0 Å². The summed E-state index contributed by atoms with van der Waals surface area (Å²) in [7, 11) is 0. The van der Waals surface area contributed by atoms with Crippen LogP contribution in [0.15, 0.2) is 46.2 Å². The quantitative estimate of drug-likeness (QED) is 0.731. The van der Waals surface area contributed by atoms with Gasteiger partial charge in [0.1, 0.15) is 0 Å². The Bertz CT molecular complexity index is 967. The molecule has 1 atom stereocenters. The van der Waals surface area contributed by atoms with E-state index in [1.165, 1.54) is 6.07 Å². The Balaban J connectivity index is 1.61. The summed E-state index contributed by atoms with van der Waals surface area (Å²) in [5.74, 6) is 0.435. The van der Waals surface area contributed by atoms with Gasteiger partial charge in [-0.2, -0.15) is 0 Å². The van der Waals surface area contributed by atoms with Crippen molar-refractivity contribution in [1.82, 2.24) is 14.8 Å². The topological polar surface area (TPSA) is 54.3 Å². The van der Waals surface area contributed by atoms with Crippen LogP contribution in [-0.2, 0) is 0 Å². The van der Waals surface area contributed by atoms with Crippen LogP contribution < -0.4 is 10.9 Å². The van der Waals surface area contributed by atoms with Gasteiger partial charge in [0, 0.05) is 40.0 Å². The molecule has 2 bridgehead atoms. The lowest BCUT2D eigenvalue weighted by atomic mass is 9.84. The number of hydrogen-bond acceptors (Lipinski definition) is 4. The van der Waals surface area contributed by atoms with E-state index in [1.54, 1.807) is 34.7 Å². The number of fused-ring (bicyclic) bond motifs is 3. The maximum absolute atomic E-state index is 12.9. The monoisotopic (exact) mass is 431 g/mol. The molecule has 7 heteroatoms. The zero-order valence-electron chi connectivity index (χ0n) is 16.7. The average Bonchev–Trinajstić information content (AvgIpc) is 2.69. The number of carbonyl (C=O) groups is 1. The molecule has 3 saturated heterocycles. The Morgan fingerprint density at radius 3 is 2.62 bits per heavy atom. The van der Waals surface area contributed by atoms with Gasteiger partial charge in [-0.25, -0.2) is 0 Å². The molecule has 1 N–H and O–H groups in total. The van der Waals surface area contributed by atoms with Crippen molar-refractivity contribution in [3.8, 4) is 5.69 Å². The number of amides is 1. The van der Waals surface area contributed by atoms with Crippen LogP contribution in [0.4, 0.5) is 0 Å². The molecule has 1 aromatic carbocycles. The second-order valence-corrected chi connectivity index (χ2v) is 10.2. The van der Waals surface area contributed by atoms with Gasteiger partial charge in [-0.3, -0.25) is 14.2 Å². The molecule has 154 valence electrons. The van der Waals surface area contributed by atoms with Gasteiger partial charge in [-0.15, -0.1) is 11.8 Å². The maximum atomic E-state index is 12.9. The van der Waals surface area contributed by atoms with E-state index in [1.807, 2.05) is 12.1 Å². The fourth-order valence-corrected chi connectivity index (χ4v) is 5.45. The number of piperidine rings is 3. The van der Waals surface area contributed by atoms with Crippen molar-refractivity contribution in [2.45, 2.75) is 42.9 Å². The van der Waals surface area contributed by atoms with E-state index in [2.05, 4.69) is 24.1 Å². The third-order valence-electron chi connectivity index (χ3n) is 5.69. The lowest BCUT2D eigenvalue weighted by Crippen LogP contribution is -2.57. The van der Waals surface area contributed by atoms with Crippen LogP contribution in [0.5, 0.6) is 0 Å². The number of nitrogens with one attached hydrogen (secondary N) is 1. The molecule has 29 heavy (non-hydrogen) atoms. The Labute approximate surface area is 180 Å². The number of carbonyl (C=O) groups excluding carboxylic acids is 1. The van der Waals surface area contributed by atoms with E-state index in [0.717, 1.165) is 43.1 Å². The Morgan fingerprint density at radius 1 is 1.21 bits per heavy atom. The minimum absolute atomic E-state index is 0.121. The van der Waals surface area contributed by atoms with Gasteiger partial charge < -0.3 is 10.2 Å². The number of rotatable bonds is 5. The Morgan fingerprint density at radius 2 is 1.97 bits per heavy atom. The van der Waals surface area contributed by atoms with Crippen LogP contribution in [0.25, 0.3) is 5.69 Å². The molecule has 3 fully saturated rings. The van der Waals surface area contributed by atoms with Crippen molar-refractivity contribution in [2.24, 2.45) is 5.92 Å². The first-order valence-corrected chi connectivity index (χ1v) is 11.4. The number of hydrogen-bond donors (Lipinski definition) is 1. The molecule has 5 rings (SSSR count). The summed E-state index contributed by atoms with van der Waals surface area (Å²) in [4.78, 5) is 28.9. The van der Waals surface area contributed by atoms with Crippen molar-refractivity contribution in [3.05, 3.63) is 57.5 Å². The summed E-state index contributed by atoms with van der Waals surface area (Å²) < 4.78 is 1.55. The largest absolute Gasteiger partial charge is 0.348 e. The number of halogens is 1. The van der Waals surface area contributed by atoms with E-state index in [4.69, 9.17) is 11.6 Å². The average molecular weight is 432 g/mol. The van der Waals surface area contributed by atoms with E-state index < -0.39 is 0 Å². The van der Waals surface area contributed by atoms with Crippen LogP contribution in [-0.4, -0.2) is 46.3 Å². The third-order valence-corrected chi connectivity index (χ3v) is 6.98. The van der Waals surface area contributed by atoms with Crippen molar-refractivity contribution < 1.29 is 4.79 Å². The molecule has 0 spiro atoms. The van der Waals surface area contributed by atoms with Gasteiger partial charge in [0.25, 0.3) is 11.5 Å². The molecule has 3 aliphatic rings. The second kappa shape index (κ2) is 8.54. The fraction of sp³-hybridized carbons (Fsp3) is 0.455. The Kier molecular flexibility index (Phi) is 6.04. The molecule has 0 saturated carbocycles. The standard InChI is InChI=1S/C22H26ClN3O2S/c1-14(2)29-20-11-17(23)4-5-19(20)26-12-16(3-6-21(26)27)22(28)24-18-13-25-9-7-15(18)8-10-25/h3-6,11-12,14-15,18H,7-10,13H2,1-2H3,(H,24,28). The van der Waals surface area contributed by atoms with Crippen LogP contribution in [0.3, 0.4) is 0 Å². The minimum Gasteiger partial charge on any atom is -0.348 e. The molecule has 3 aliphatic heterocycles. The molecule has 0 radical (unpaired) electrons.